The van der Waals surface area contributed by atoms with E-state index in [0.29, 0.717) is 26.1 Å². The number of hydrogen-bond acceptors (Lipinski definition) is 8. The zero-order valence-electron chi connectivity index (χ0n) is 27.9. The van der Waals surface area contributed by atoms with E-state index in [1.807, 2.05) is 80.6 Å². The first-order chi connectivity index (χ1) is 23.4. The highest BCUT2D eigenvalue weighted by Crippen LogP contribution is 2.28. The van der Waals surface area contributed by atoms with Crippen LogP contribution in [0.1, 0.15) is 37.0 Å². The van der Waals surface area contributed by atoms with Crippen LogP contribution in [0.15, 0.2) is 120 Å². The highest BCUT2D eigenvalue weighted by Gasteiger charge is 2.33. The summed E-state index contributed by atoms with van der Waals surface area (Å²) in [5.41, 5.74) is 2.16. The fourth-order valence-corrected chi connectivity index (χ4v) is 7.05. The lowest BCUT2D eigenvalue weighted by Crippen LogP contribution is -2.46. The van der Waals surface area contributed by atoms with E-state index in [1.54, 1.807) is 0 Å². The second kappa shape index (κ2) is 17.7. The fraction of sp³-hybridized carbons (Fsp3) is 0.324. The number of alkyl carbamates (subject to hydrolysis) is 1. The molecule has 1 amide bonds. The smallest absolute Gasteiger partial charge is 0.407 e. The SMILES string of the molecule is CC(C)(CCN(Cc1ccccc1)Cc1ccccc1)CN(CC(O)CNC(=O)OCc1ccccc1)S(=O)(=O)c1cccc([N+](=O)[O-])c1. The Morgan fingerprint density at radius 2 is 1.43 bits per heavy atom. The number of nitro groups is 1. The first kappa shape index (κ1) is 37.2. The van der Waals surface area contributed by atoms with Crippen LogP contribution in [0.2, 0.25) is 0 Å². The molecule has 0 aromatic heterocycles. The lowest BCUT2D eigenvalue weighted by atomic mass is 9.88. The Bertz CT molecular complexity index is 1700. The molecule has 0 fully saturated rings. The quantitative estimate of drug-likeness (QED) is 0.0959. The summed E-state index contributed by atoms with van der Waals surface area (Å²) < 4.78 is 34.4. The number of sulfonamides is 1. The van der Waals surface area contributed by atoms with E-state index < -0.39 is 32.6 Å². The normalized spacial score (nSPS) is 12.5. The molecule has 12 heteroatoms. The molecule has 0 saturated heterocycles. The van der Waals surface area contributed by atoms with Crippen molar-refractivity contribution in [3.63, 3.8) is 0 Å². The summed E-state index contributed by atoms with van der Waals surface area (Å²) in [6, 6.07) is 34.2. The van der Waals surface area contributed by atoms with Crippen LogP contribution in [0.25, 0.3) is 0 Å². The van der Waals surface area contributed by atoms with Crippen LogP contribution in [0.5, 0.6) is 0 Å². The molecule has 0 heterocycles. The van der Waals surface area contributed by atoms with Gasteiger partial charge in [0.25, 0.3) is 5.69 Å². The van der Waals surface area contributed by atoms with Crippen molar-refractivity contribution in [1.29, 1.82) is 0 Å². The van der Waals surface area contributed by atoms with Gasteiger partial charge in [-0.1, -0.05) is 111 Å². The third-order valence-electron chi connectivity index (χ3n) is 7.98. The third kappa shape index (κ3) is 12.1. The van der Waals surface area contributed by atoms with Crippen molar-refractivity contribution in [3.05, 3.63) is 142 Å². The highest BCUT2D eigenvalue weighted by atomic mass is 32.2. The number of aliphatic hydroxyl groups is 1. The maximum Gasteiger partial charge on any atom is 0.407 e. The van der Waals surface area contributed by atoms with Gasteiger partial charge in [-0.05, 0) is 41.1 Å². The van der Waals surface area contributed by atoms with Gasteiger partial charge >= 0.3 is 6.09 Å². The first-order valence-electron chi connectivity index (χ1n) is 16.1. The zero-order valence-corrected chi connectivity index (χ0v) is 28.7. The Balaban J connectivity index is 1.48. The van der Waals surface area contributed by atoms with Gasteiger partial charge in [0.15, 0.2) is 0 Å². The van der Waals surface area contributed by atoms with Gasteiger partial charge in [0.2, 0.25) is 10.0 Å². The predicted molar refractivity (Wildman–Crippen MR) is 188 cm³/mol. The minimum atomic E-state index is -4.29. The molecule has 4 aromatic carbocycles. The molecule has 4 rings (SSSR count). The monoisotopic (exact) mass is 688 g/mol. The predicted octanol–water partition coefficient (Wildman–Crippen LogP) is 5.99. The number of nitrogens with one attached hydrogen (secondary N) is 1. The lowest BCUT2D eigenvalue weighted by molar-refractivity contribution is -0.385. The van der Waals surface area contributed by atoms with Gasteiger partial charge in [-0.2, -0.15) is 4.31 Å². The number of benzene rings is 4. The molecule has 0 radical (unpaired) electrons. The Morgan fingerprint density at radius 1 is 0.878 bits per heavy atom. The van der Waals surface area contributed by atoms with Crippen molar-refractivity contribution in [2.75, 3.05) is 26.2 Å². The Labute approximate surface area is 288 Å². The molecule has 49 heavy (non-hydrogen) atoms. The molecule has 1 atom stereocenters. The molecule has 0 saturated carbocycles. The number of non-ortho nitro benzene ring substituents is 1. The van der Waals surface area contributed by atoms with Crippen molar-refractivity contribution >= 4 is 21.8 Å². The Hall–Kier alpha value is -4.62. The summed E-state index contributed by atoms with van der Waals surface area (Å²) in [5.74, 6) is 0. The number of amides is 1. The Morgan fingerprint density at radius 3 is 1.98 bits per heavy atom. The summed E-state index contributed by atoms with van der Waals surface area (Å²) in [7, 11) is -4.29. The van der Waals surface area contributed by atoms with E-state index in [0.717, 1.165) is 27.1 Å². The average Bonchev–Trinajstić information content (AvgIpc) is 3.10. The molecule has 0 bridgehead atoms. The van der Waals surface area contributed by atoms with E-state index in [-0.39, 0.29) is 36.8 Å². The minimum absolute atomic E-state index is 0.0120. The molecule has 4 aromatic rings. The molecule has 0 aliphatic heterocycles. The van der Waals surface area contributed by atoms with Crippen LogP contribution >= 0.6 is 0 Å². The maximum atomic E-state index is 14.0. The number of aliphatic hydroxyl groups excluding tert-OH is 1. The number of hydrogen-bond donors (Lipinski definition) is 2. The summed E-state index contributed by atoms with van der Waals surface area (Å²) in [6.07, 6.45) is -1.44. The standard InChI is InChI=1S/C37H44N4O7S/c1-37(2,21-22-39(25-30-13-6-3-7-14-30)26-31-15-8-4-9-16-31)29-40(49(46,47)35-20-12-19-33(23-35)41(44)45)27-34(42)24-38-36(43)48-28-32-17-10-5-11-18-32/h3-20,23,34,42H,21-22,24-29H2,1-2H3,(H,38,43). The number of nitrogens with zero attached hydrogens (tertiary/aromatic N) is 3. The molecule has 0 aliphatic rings. The molecule has 0 spiro atoms. The summed E-state index contributed by atoms with van der Waals surface area (Å²) >= 11 is 0. The van der Waals surface area contributed by atoms with E-state index in [1.165, 1.54) is 18.2 Å². The number of ether oxygens (including phenoxy) is 1. The second-order valence-electron chi connectivity index (χ2n) is 12.7. The third-order valence-corrected chi connectivity index (χ3v) is 9.79. The van der Waals surface area contributed by atoms with Crippen molar-refractivity contribution in [3.8, 4) is 0 Å². The van der Waals surface area contributed by atoms with Crippen molar-refractivity contribution in [2.45, 2.75) is 51.0 Å². The fourth-order valence-electron chi connectivity index (χ4n) is 5.34. The van der Waals surface area contributed by atoms with E-state index in [4.69, 9.17) is 4.74 Å². The van der Waals surface area contributed by atoms with Gasteiger partial charge in [-0.3, -0.25) is 15.0 Å². The summed E-state index contributed by atoms with van der Waals surface area (Å²) in [5, 5.41) is 24.9. The van der Waals surface area contributed by atoms with Gasteiger partial charge < -0.3 is 15.2 Å². The highest BCUT2D eigenvalue weighted by molar-refractivity contribution is 7.89. The number of carbonyl (C=O) groups excluding carboxylic acids is 1. The minimum Gasteiger partial charge on any atom is -0.445 e. The van der Waals surface area contributed by atoms with Crippen LogP contribution in [-0.4, -0.2) is 66.0 Å². The zero-order chi connectivity index (χ0) is 35.3. The van der Waals surface area contributed by atoms with E-state index in [9.17, 15) is 28.4 Å². The number of nitro benzene ring substituents is 1. The van der Waals surface area contributed by atoms with Gasteiger partial charge in [0.05, 0.1) is 15.9 Å². The lowest BCUT2D eigenvalue weighted by Gasteiger charge is -2.35. The molecular formula is C37H44N4O7S. The van der Waals surface area contributed by atoms with Crippen LogP contribution < -0.4 is 5.32 Å². The van der Waals surface area contributed by atoms with Crippen LogP contribution in [0, 0.1) is 15.5 Å². The molecule has 2 N–H and O–H groups in total. The molecular weight excluding hydrogens is 644 g/mol. The molecule has 11 nitrogen and oxygen atoms in total. The molecule has 1 unspecified atom stereocenters. The number of rotatable bonds is 18. The van der Waals surface area contributed by atoms with E-state index >= 15 is 0 Å². The number of carbonyl (C=O) groups is 1. The maximum absolute atomic E-state index is 14.0. The molecule has 0 aliphatic carbocycles. The van der Waals surface area contributed by atoms with Gasteiger partial charge in [-0.15, -0.1) is 0 Å². The van der Waals surface area contributed by atoms with Crippen LogP contribution in [-0.2, 0) is 34.5 Å². The topological polar surface area (TPSA) is 142 Å². The second-order valence-corrected chi connectivity index (χ2v) is 14.7. The Kier molecular flexibility index (Phi) is 13.4. The van der Waals surface area contributed by atoms with Gasteiger partial charge in [0.1, 0.15) is 6.61 Å². The van der Waals surface area contributed by atoms with Gasteiger partial charge in [0, 0.05) is 44.9 Å². The summed E-state index contributed by atoms with van der Waals surface area (Å²) in [6.45, 7) is 5.39. The van der Waals surface area contributed by atoms with Crippen LogP contribution in [0.3, 0.4) is 0 Å². The molecule has 260 valence electrons. The van der Waals surface area contributed by atoms with Crippen molar-refractivity contribution in [1.82, 2.24) is 14.5 Å². The average molecular weight is 689 g/mol. The van der Waals surface area contributed by atoms with Gasteiger partial charge in [-0.25, -0.2) is 13.2 Å². The van der Waals surface area contributed by atoms with Crippen LogP contribution in [0.4, 0.5) is 10.5 Å². The van der Waals surface area contributed by atoms with E-state index in [2.05, 4.69) is 34.5 Å². The largest absolute Gasteiger partial charge is 0.445 e. The first-order valence-corrected chi connectivity index (χ1v) is 17.5. The summed E-state index contributed by atoms with van der Waals surface area (Å²) in [4.78, 5) is 25.2. The van der Waals surface area contributed by atoms with Crippen molar-refractivity contribution in [2.24, 2.45) is 5.41 Å². The van der Waals surface area contributed by atoms with Crippen molar-refractivity contribution < 1.29 is 28.0 Å².